The van der Waals surface area contributed by atoms with Gasteiger partial charge < -0.3 is 4.90 Å². The Morgan fingerprint density at radius 2 is 1.66 bits per heavy atom. The molecule has 4 rings (SSSR count). The third kappa shape index (κ3) is 3.61. The van der Waals surface area contributed by atoms with E-state index in [1.165, 1.54) is 12.1 Å². The first-order valence-electron chi connectivity index (χ1n) is 9.16. The lowest BCUT2D eigenvalue weighted by Crippen LogP contribution is -2.36. The van der Waals surface area contributed by atoms with Crippen molar-refractivity contribution in [2.45, 2.75) is 24.3 Å². The molecule has 0 spiro atoms. The van der Waals surface area contributed by atoms with Gasteiger partial charge in [0.1, 0.15) is 5.82 Å². The number of benzene rings is 3. The monoisotopic (exact) mass is 410 g/mol. The molecule has 1 N–H and O–H groups in total. The number of rotatable bonds is 4. The van der Waals surface area contributed by atoms with Crippen molar-refractivity contribution in [1.29, 1.82) is 0 Å². The van der Waals surface area contributed by atoms with Crippen molar-refractivity contribution in [1.82, 2.24) is 0 Å². The summed E-state index contributed by atoms with van der Waals surface area (Å²) < 4.78 is 41.0. The minimum Gasteiger partial charge on any atom is -0.305 e. The van der Waals surface area contributed by atoms with Crippen LogP contribution in [0.4, 0.5) is 15.8 Å². The number of halogens is 1. The number of anilines is 2. The fraction of sp³-hybridized carbons (Fsp3) is 0.136. The highest BCUT2D eigenvalue weighted by Gasteiger charge is 2.32. The lowest BCUT2D eigenvalue weighted by atomic mass is 10.1. The molecule has 0 fully saturated rings. The Bertz CT molecular complexity index is 1180. The zero-order valence-corrected chi connectivity index (χ0v) is 16.5. The number of hydrogen-bond donors (Lipinski definition) is 1. The van der Waals surface area contributed by atoms with Gasteiger partial charge in [-0.3, -0.25) is 9.52 Å². The van der Waals surface area contributed by atoms with Gasteiger partial charge in [0.15, 0.2) is 0 Å². The normalized spacial score (nSPS) is 15.8. The molecule has 7 heteroatoms. The lowest BCUT2D eigenvalue weighted by molar-refractivity contribution is 0.0982. The molecular formula is C22H19FN2O3S. The van der Waals surface area contributed by atoms with E-state index in [1.807, 2.05) is 31.2 Å². The maximum absolute atomic E-state index is 13.3. The predicted molar refractivity (Wildman–Crippen MR) is 110 cm³/mol. The van der Waals surface area contributed by atoms with Crippen LogP contribution in [0.25, 0.3) is 0 Å². The summed E-state index contributed by atoms with van der Waals surface area (Å²) >= 11 is 0. The number of hydrogen-bond acceptors (Lipinski definition) is 3. The molecule has 0 aromatic heterocycles. The molecule has 1 amide bonds. The van der Waals surface area contributed by atoms with Crippen LogP contribution in [-0.4, -0.2) is 20.4 Å². The molecule has 3 aromatic rings. The van der Waals surface area contributed by atoms with Crippen LogP contribution in [0.3, 0.4) is 0 Å². The van der Waals surface area contributed by atoms with E-state index in [0.717, 1.165) is 29.8 Å². The van der Waals surface area contributed by atoms with Crippen LogP contribution < -0.4 is 9.62 Å². The SMILES string of the molecule is C[C@H]1Cc2ccccc2N1C(=O)c1ccccc1NS(=O)(=O)c1ccc(F)cc1. The molecule has 1 atom stereocenters. The molecular weight excluding hydrogens is 391 g/mol. The van der Waals surface area contributed by atoms with Gasteiger partial charge in [0.2, 0.25) is 0 Å². The standard InChI is InChI=1S/C22H19FN2O3S/c1-15-14-16-6-2-5-9-21(16)25(15)22(26)19-7-3-4-8-20(19)24-29(27,28)18-12-10-17(23)11-13-18/h2-13,15,24H,14H2,1H3/t15-/m0/s1. The highest BCUT2D eigenvalue weighted by Crippen LogP contribution is 2.34. The van der Waals surface area contributed by atoms with Crippen LogP contribution in [-0.2, 0) is 16.4 Å². The molecule has 0 aliphatic carbocycles. The van der Waals surface area contributed by atoms with Crippen LogP contribution in [0.15, 0.2) is 77.7 Å². The van der Waals surface area contributed by atoms with E-state index in [9.17, 15) is 17.6 Å². The van der Waals surface area contributed by atoms with Crippen molar-refractivity contribution in [3.8, 4) is 0 Å². The topological polar surface area (TPSA) is 66.5 Å². The number of nitrogens with zero attached hydrogens (tertiary/aromatic N) is 1. The molecule has 3 aromatic carbocycles. The quantitative estimate of drug-likeness (QED) is 0.700. The Labute approximate surface area is 168 Å². The summed E-state index contributed by atoms with van der Waals surface area (Å²) in [6, 6.07) is 18.6. The molecule has 0 saturated heterocycles. The molecule has 0 saturated carbocycles. The van der Waals surface area contributed by atoms with E-state index in [1.54, 1.807) is 29.2 Å². The van der Waals surface area contributed by atoms with Crippen LogP contribution in [0.1, 0.15) is 22.8 Å². The van der Waals surface area contributed by atoms with Gasteiger partial charge in [0.25, 0.3) is 15.9 Å². The third-order valence-corrected chi connectivity index (χ3v) is 6.33. The van der Waals surface area contributed by atoms with Gasteiger partial charge >= 0.3 is 0 Å². The minimum absolute atomic E-state index is 0.0401. The largest absolute Gasteiger partial charge is 0.305 e. The number of carbonyl (C=O) groups is 1. The Hall–Kier alpha value is -3.19. The Morgan fingerprint density at radius 3 is 2.41 bits per heavy atom. The highest BCUT2D eigenvalue weighted by atomic mass is 32.2. The summed E-state index contributed by atoms with van der Waals surface area (Å²) in [6.07, 6.45) is 0.741. The van der Waals surface area contributed by atoms with Gasteiger partial charge in [0, 0.05) is 11.7 Å². The molecule has 0 unspecified atom stereocenters. The second kappa shape index (κ2) is 7.33. The predicted octanol–water partition coefficient (Wildman–Crippen LogP) is 4.22. The Morgan fingerprint density at radius 1 is 1.00 bits per heavy atom. The summed E-state index contributed by atoms with van der Waals surface area (Å²) in [5.74, 6) is -0.805. The average molecular weight is 410 g/mol. The van der Waals surface area contributed by atoms with Gasteiger partial charge in [-0.15, -0.1) is 0 Å². The summed E-state index contributed by atoms with van der Waals surface area (Å²) in [7, 11) is -3.97. The molecule has 1 heterocycles. The summed E-state index contributed by atoms with van der Waals surface area (Å²) in [4.78, 5) is 15.0. The average Bonchev–Trinajstić information content (AvgIpc) is 3.03. The smallest absolute Gasteiger partial charge is 0.261 e. The maximum Gasteiger partial charge on any atom is 0.261 e. The molecule has 5 nitrogen and oxygen atoms in total. The van der Waals surface area contributed by atoms with E-state index >= 15 is 0 Å². The van der Waals surface area contributed by atoms with Crippen LogP contribution in [0.2, 0.25) is 0 Å². The Kier molecular flexibility index (Phi) is 4.84. The fourth-order valence-corrected chi connectivity index (χ4v) is 4.66. The zero-order chi connectivity index (χ0) is 20.6. The van der Waals surface area contributed by atoms with Crippen molar-refractivity contribution in [2.75, 3.05) is 9.62 Å². The van der Waals surface area contributed by atoms with Gasteiger partial charge in [-0.05, 0) is 61.4 Å². The number of carbonyl (C=O) groups excluding carboxylic acids is 1. The van der Waals surface area contributed by atoms with Crippen molar-refractivity contribution < 1.29 is 17.6 Å². The molecule has 1 aliphatic rings. The Balaban J connectivity index is 1.69. The fourth-order valence-electron chi connectivity index (χ4n) is 3.58. The van der Waals surface area contributed by atoms with E-state index in [-0.39, 0.29) is 28.1 Å². The number of fused-ring (bicyclic) bond motifs is 1. The van der Waals surface area contributed by atoms with Crippen molar-refractivity contribution in [3.63, 3.8) is 0 Å². The number of amides is 1. The maximum atomic E-state index is 13.3. The first-order valence-corrected chi connectivity index (χ1v) is 10.6. The first-order chi connectivity index (χ1) is 13.9. The third-order valence-electron chi connectivity index (χ3n) is 4.95. The summed E-state index contributed by atoms with van der Waals surface area (Å²) in [5.41, 5.74) is 2.35. The van der Waals surface area contributed by atoms with Gasteiger partial charge in [-0.1, -0.05) is 30.3 Å². The molecule has 0 radical (unpaired) electrons. The molecule has 0 bridgehead atoms. The molecule has 1 aliphatic heterocycles. The van der Waals surface area contributed by atoms with Gasteiger partial charge in [0.05, 0.1) is 16.1 Å². The van der Waals surface area contributed by atoms with E-state index in [2.05, 4.69) is 4.72 Å². The van der Waals surface area contributed by atoms with Crippen LogP contribution in [0, 0.1) is 5.82 Å². The minimum atomic E-state index is -3.97. The second-order valence-corrected chi connectivity index (χ2v) is 8.64. The second-order valence-electron chi connectivity index (χ2n) is 6.96. The van der Waals surface area contributed by atoms with E-state index in [0.29, 0.717) is 0 Å². The highest BCUT2D eigenvalue weighted by molar-refractivity contribution is 7.92. The number of sulfonamides is 1. The van der Waals surface area contributed by atoms with Crippen LogP contribution >= 0.6 is 0 Å². The van der Waals surface area contributed by atoms with Crippen molar-refractivity contribution in [2.24, 2.45) is 0 Å². The zero-order valence-electron chi connectivity index (χ0n) is 15.7. The molecule has 29 heavy (non-hydrogen) atoms. The van der Waals surface area contributed by atoms with Crippen molar-refractivity contribution in [3.05, 3.63) is 89.7 Å². The first kappa shape index (κ1) is 19.1. The lowest BCUT2D eigenvalue weighted by Gasteiger charge is -2.24. The number of para-hydroxylation sites is 2. The molecule has 148 valence electrons. The van der Waals surface area contributed by atoms with Crippen LogP contribution in [0.5, 0.6) is 0 Å². The van der Waals surface area contributed by atoms with Gasteiger partial charge in [-0.2, -0.15) is 0 Å². The van der Waals surface area contributed by atoms with Crippen molar-refractivity contribution >= 4 is 27.3 Å². The van der Waals surface area contributed by atoms with E-state index in [4.69, 9.17) is 0 Å². The van der Waals surface area contributed by atoms with E-state index < -0.39 is 15.8 Å². The number of nitrogens with one attached hydrogen (secondary N) is 1. The summed E-state index contributed by atoms with van der Waals surface area (Å²) in [5, 5.41) is 0. The summed E-state index contributed by atoms with van der Waals surface area (Å²) in [6.45, 7) is 1.96. The van der Waals surface area contributed by atoms with Gasteiger partial charge in [-0.25, -0.2) is 12.8 Å².